The van der Waals surface area contributed by atoms with E-state index in [1.54, 1.807) is 4.90 Å². The van der Waals surface area contributed by atoms with E-state index in [0.29, 0.717) is 62.8 Å². The molecule has 1 heterocycles. The zero-order valence-corrected chi connectivity index (χ0v) is 28.2. The Labute approximate surface area is 278 Å². The molecule has 47 heavy (non-hydrogen) atoms. The minimum Gasteiger partial charge on any atom is -0.443 e. The largest absolute Gasteiger partial charge is 0.443 e. The van der Waals surface area contributed by atoms with Crippen LogP contribution in [0.3, 0.4) is 0 Å². The van der Waals surface area contributed by atoms with Crippen molar-refractivity contribution in [3.8, 4) is 0 Å². The summed E-state index contributed by atoms with van der Waals surface area (Å²) in [6.07, 6.45) is 9.20. The Balaban J connectivity index is 1.30. The van der Waals surface area contributed by atoms with Gasteiger partial charge in [0, 0.05) is 13.1 Å². The molecule has 2 saturated carbocycles. The van der Waals surface area contributed by atoms with Crippen molar-refractivity contribution in [1.82, 2.24) is 20.9 Å². The van der Waals surface area contributed by atoms with E-state index >= 15 is 0 Å². The molecule has 256 valence electrons. The normalized spacial score (nSPS) is 28.0. The molecule has 5 rings (SSSR count). The summed E-state index contributed by atoms with van der Waals surface area (Å²) >= 11 is 0. The van der Waals surface area contributed by atoms with Crippen molar-refractivity contribution in [1.29, 1.82) is 0 Å². The zero-order valence-electron chi connectivity index (χ0n) is 28.2. The number of rotatable bonds is 12. The topological polar surface area (TPSA) is 134 Å². The second-order valence-corrected chi connectivity index (χ2v) is 14.8. The van der Waals surface area contributed by atoms with Crippen molar-refractivity contribution >= 4 is 29.6 Å². The Bertz CT molecular complexity index is 1320. The molecule has 0 aromatic heterocycles. The van der Waals surface area contributed by atoms with Crippen LogP contribution < -0.4 is 16.0 Å². The maximum Gasteiger partial charge on any atom is 0.408 e. The summed E-state index contributed by atoms with van der Waals surface area (Å²) in [7, 11) is 0. The molecule has 0 spiro atoms. The third-order valence-corrected chi connectivity index (χ3v) is 10.7. The van der Waals surface area contributed by atoms with Crippen LogP contribution in [0, 0.1) is 23.7 Å². The summed E-state index contributed by atoms with van der Waals surface area (Å²) in [6, 6.07) is 5.38. The lowest BCUT2D eigenvalue weighted by molar-refractivity contribution is -0.143. The first kappa shape index (κ1) is 34.6. The molecule has 10 nitrogen and oxygen atoms in total. The monoisotopic (exact) mass is 648 g/mol. The van der Waals surface area contributed by atoms with Crippen LogP contribution in [0.25, 0.3) is 0 Å². The van der Waals surface area contributed by atoms with Gasteiger partial charge in [0.15, 0.2) is 0 Å². The van der Waals surface area contributed by atoms with Crippen LogP contribution in [0.4, 0.5) is 4.79 Å². The number of hydrogen-bond donors (Lipinski definition) is 3. The zero-order chi connectivity index (χ0) is 33.7. The predicted octanol–water partition coefficient (Wildman–Crippen LogP) is 4.25. The molecule has 5 atom stereocenters. The number of carbonyl (C=O) groups excluding carboxylic acids is 5. The summed E-state index contributed by atoms with van der Waals surface area (Å²) < 4.78 is 6.18. The molecule has 1 saturated heterocycles. The Kier molecular flexibility index (Phi) is 11.1. The maximum absolute atomic E-state index is 14.4. The van der Waals surface area contributed by atoms with Crippen LogP contribution >= 0.6 is 0 Å². The summed E-state index contributed by atoms with van der Waals surface area (Å²) in [4.78, 5) is 68.5. The van der Waals surface area contributed by atoms with Gasteiger partial charge in [-0.1, -0.05) is 50.6 Å². The van der Waals surface area contributed by atoms with Crippen molar-refractivity contribution < 1.29 is 28.7 Å². The molecule has 1 aromatic carbocycles. The molecule has 1 aromatic rings. The molecular formula is C37H52N4O6. The number of likely N-dealkylation sites (tertiary alicyclic amines) is 1. The fraction of sp³-hybridized carbons (Fsp3) is 0.649. The Morgan fingerprint density at radius 1 is 1.04 bits per heavy atom. The average Bonchev–Trinajstić information content (AvgIpc) is 3.68. The molecule has 4 amide bonds. The first-order valence-electron chi connectivity index (χ1n) is 17.6. The minimum absolute atomic E-state index is 0.143. The van der Waals surface area contributed by atoms with Gasteiger partial charge in [0.1, 0.15) is 17.7 Å². The van der Waals surface area contributed by atoms with E-state index in [-0.39, 0.29) is 18.4 Å². The Morgan fingerprint density at radius 2 is 1.70 bits per heavy atom. The fourth-order valence-electron chi connectivity index (χ4n) is 8.93. The Hall–Kier alpha value is -3.69. The molecular weight excluding hydrogens is 596 g/mol. The van der Waals surface area contributed by atoms with Gasteiger partial charge in [-0.05, 0) is 106 Å². The summed E-state index contributed by atoms with van der Waals surface area (Å²) in [5.41, 5.74) is 1.72. The highest BCUT2D eigenvalue weighted by molar-refractivity contribution is 6.38. The van der Waals surface area contributed by atoms with Crippen LogP contribution in [0.2, 0.25) is 0 Å². The first-order valence-corrected chi connectivity index (χ1v) is 17.6. The van der Waals surface area contributed by atoms with E-state index in [1.807, 2.05) is 26.0 Å². The van der Waals surface area contributed by atoms with Gasteiger partial charge in [0.2, 0.25) is 17.6 Å². The summed E-state index contributed by atoms with van der Waals surface area (Å²) in [5.74, 6) is -0.715. The third-order valence-electron chi connectivity index (χ3n) is 10.7. The van der Waals surface area contributed by atoms with Crippen LogP contribution in [-0.2, 0) is 36.8 Å². The van der Waals surface area contributed by atoms with Crippen LogP contribution in [0.15, 0.2) is 36.9 Å². The van der Waals surface area contributed by atoms with Crippen molar-refractivity contribution in [2.24, 2.45) is 23.7 Å². The lowest BCUT2D eigenvalue weighted by Crippen LogP contribution is -2.58. The van der Waals surface area contributed by atoms with Crippen LogP contribution in [0.5, 0.6) is 0 Å². The number of ether oxygens (including phenoxy) is 1. The molecule has 4 unspecified atom stereocenters. The number of fused-ring (bicyclic) bond motifs is 3. The standard InChI is InChI=1S/C37H52N4O6/c1-5-10-29(32(42)34(44)38-14-6-2)39-33(43)30-13-9-15-41(30)35(45)31(28-19-26-11-7-8-12-27(26)20-28)40-36(46)47-37(4)21-24-16-23(3)17-25(18-24)22-37/h6-8,11-12,23-25,28-31H,2,5,9-10,13-22H2,1,3-4H3,(H,38,44)(H,39,43)(H,40,46)/t23?,24?,25?,29?,30-,31?,37?/m0/s1. The molecule has 1 aliphatic heterocycles. The van der Waals surface area contributed by atoms with Crippen molar-refractivity contribution in [3.63, 3.8) is 0 Å². The smallest absolute Gasteiger partial charge is 0.408 e. The number of ketones is 1. The quantitative estimate of drug-likeness (QED) is 0.229. The van der Waals surface area contributed by atoms with Crippen molar-refractivity contribution in [3.05, 3.63) is 48.0 Å². The highest BCUT2D eigenvalue weighted by Crippen LogP contribution is 2.47. The van der Waals surface area contributed by atoms with Crippen molar-refractivity contribution in [2.75, 3.05) is 13.1 Å². The highest BCUT2D eigenvalue weighted by Gasteiger charge is 2.46. The molecule has 2 bridgehead atoms. The van der Waals surface area contributed by atoms with Gasteiger partial charge < -0.3 is 25.6 Å². The van der Waals surface area contributed by atoms with Gasteiger partial charge in [-0.3, -0.25) is 19.2 Å². The minimum atomic E-state index is -0.998. The van der Waals surface area contributed by atoms with Gasteiger partial charge in [-0.25, -0.2) is 4.79 Å². The fourth-order valence-corrected chi connectivity index (χ4v) is 8.93. The second kappa shape index (κ2) is 15.0. The maximum atomic E-state index is 14.4. The second-order valence-electron chi connectivity index (χ2n) is 14.8. The number of carbonyl (C=O) groups is 5. The molecule has 3 N–H and O–H groups in total. The van der Waals surface area contributed by atoms with Crippen LogP contribution in [-0.4, -0.2) is 71.3 Å². The van der Waals surface area contributed by atoms with Crippen LogP contribution in [0.1, 0.15) is 89.7 Å². The number of nitrogens with one attached hydrogen (secondary N) is 3. The lowest BCUT2D eigenvalue weighted by atomic mass is 9.64. The van der Waals surface area contributed by atoms with E-state index in [0.717, 1.165) is 36.8 Å². The number of alkyl carbamates (subject to hydrolysis) is 1. The van der Waals surface area contributed by atoms with E-state index in [1.165, 1.54) is 12.5 Å². The molecule has 3 aliphatic carbocycles. The van der Waals surface area contributed by atoms with Crippen molar-refractivity contribution in [2.45, 2.75) is 115 Å². The number of hydrogen-bond acceptors (Lipinski definition) is 6. The molecule has 4 aliphatic rings. The van der Waals surface area contributed by atoms with Gasteiger partial charge >= 0.3 is 6.09 Å². The van der Waals surface area contributed by atoms with E-state index in [9.17, 15) is 24.0 Å². The molecule has 0 radical (unpaired) electrons. The highest BCUT2D eigenvalue weighted by atomic mass is 16.6. The molecule has 10 heteroatoms. The average molecular weight is 649 g/mol. The predicted molar refractivity (Wildman–Crippen MR) is 178 cm³/mol. The molecule has 3 fully saturated rings. The van der Waals surface area contributed by atoms with E-state index in [4.69, 9.17) is 4.74 Å². The number of amides is 4. The lowest BCUT2D eigenvalue weighted by Gasteiger charge is -2.46. The van der Waals surface area contributed by atoms with Gasteiger partial charge in [0.25, 0.3) is 5.91 Å². The number of benzene rings is 1. The summed E-state index contributed by atoms with van der Waals surface area (Å²) in [6.45, 7) is 10.2. The Morgan fingerprint density at radius 3 is 2.32 bits per heavy atom. The first-order chi connectivity index (χ1) is 22.5. The number of Topliss-reactive ketones (excluding diaryl/α,β-unsaturated/α-hetero) is 1. The SMILES string of the molecule is C=CCNC(=O)C(=O)C(CCC)NC(=O)[C@@H]1CCCN1C(=O)C(NC(=O)OC1(C)CC2CC(C)CC(C2)C1)C1Cc2ccccc2C1. The van der Waals surface area contributed by atoms with Gasteiger partial charge in [-0.15, -0.1) is 6.58 Å². The van der Waals surface area contributed by atoms with Gasteiger partial charge in [0.05, 0.1) is 6.04 Å². The number of nitrogens with zero attached hydrogens (tertiary/aromatic N) is 1. The van der Waals surface area contributed by atoms with Gasteiger partial charge in [-0.2, -0.15) is 0 Å². The summed E-state index contributed by atoms with van der Waals surface area (Å²) in [5, 5.41) is 8.24. The van der Waals surface area contributed by atoms with E-state index < -0.39 is 47.4 Å². The third kappa shape index (κ3) is 8.25. The van der Waals surface area contributed by atoms with E-state index in [2.05, 4.69) is 41.6 Å².